The van der Waals surface area contributed by atoms with Gasteiger partial charge in [-0.1, -0.05) is 17.3 Å². The Bertz CT molecular complexity index is 1220. The van der Waals surface area contributed by atoms with E-state index >= 15 is 0 Å². The number of halogens is 1. The summed E-state index contributed by atoms with van der Waals surface area (Å²) >= 11 is 0. The zero-order chi connectivity index (χ0) is 21.1. The Morgan fingerprint density at radius 2 is 1.73 bits per heavy atom. The lowest BCUT2D eigenvalue weighted by Gasteiger charge is -2.06. The SMILES string of the molecule is O=C(Nc1cccc(-c2noc(-c3ccc(F)cc3)n2)c1)c1ccc([N+](=O)[O-])cc1. The van der Waals surface area contributed by atoms with E-state index in [-0.39, 0.29) is 23.0 Å². The number of hydrogen-bond donors (Lipinski definition) is 1. The minimum atomic E-state index is -0.531. The van der Waals surface area contributed by atoms with Gasteiger partial charge in [0, 0.05) is 34.5 Å². The number of nitrogens with zero attached hydrogens (tertiary/aromatic N) is 3. The second-order valence-corrected chi connectivity index (χ2v) is 6.27. The molecule has 3 aromatic carbocycles. The van der Waals surface area contributed by atoms with E-state index in [2.05, 4.69) is 15.5 Å². The van der Waals surface area contributed by atoms with Gasteiger partial charge in [0.05, 0.1) is 4.92 Å². The molecular formula is C21H13FN4O4. The number of non-ortho nitro benzene ring substituents is 1. The van der Waals surface area contributed by atoms with Crippen molar-refractivity contribution >= 4 is 17.3 Å². The largest absolute Gasteiger partial charge is 0.334 e. The molecule has 0 aliphatic rings. The molecule has 0 bridgehead atoms. The van der Waals surface area contributed by atoms with Crippen LogP contribution in [0.5, 0.6) is 0 Å². The lowest BCUT2D eigenvalue weighted by atomic mass is 10.1. The number of carbonyl (C=O) groups excluding carboxylic acids is 1. The molecule has 4 aromatic rings. The van der Waals surface area contributed by atoms with Crippen molar-refractivity contribution in [2.75, 3.05) is 5.32 Å². The molecule has 148 valence electrons. The molecule has 4 rings (SSSR count). The molecule has 1 aromatic heterocycles. The van der Waals surface area contributed by atoms with Crippen molar-refractivity contribution in [3.8, 4) is 22.8 Å². The zero-order valence-electron chi connectivity index (χ0n) is 15.3. The number of rotatable bonds is 5. The van der Waals surface area contributed by atoms with Crippen molar-refractivity contribution in [1.29, 1.82) is 0 Å². The van der Waals surface area contributed by atoms with E-state index < -0.39 is 10.8 Å². The van der Waals surface area contributed by atoms with Crippen LogP contribution >= 0.6 is 0 Å². The van der Waals surface area contributed by atoms with Crippen LogP contribution in [0.1, 0.15) is 10.4 Å². The lowest BCUT2D eigenvalue weighted by molar-refractivity contribution is -0.384. The number of aromatic nitrogens is 2. The van der Waals surface area contributed by atoms with Crippen molar-refractivity contribution < 1.29 is 18.6 Å². The number of hydrogen-bond acceptors (Lipinski definition) is 6. The fourth-order valence-corrected chi connectivity index (χ4v) is 2.72. The summed E-state index contributed by atoms with van der Waals surface area (Å²) in [5.41, 5.74) is 1.86. The summed E-state index contributed by atoms with van der Waals surface area (Å²) < 4.78 is 18.3. The van der Waals surface area contributed by atoms with E-state index in [1.54, 1.807) is 24.3 Å². The first kappa shape index (κ1) is 18.9. The molecule has 1 amide bonds. The van der Waals surface area contributed by atoms with E-state index in [0.29, 0.717) is 22.6 Å². The molecule has 0 unspecified atom stereocenters. The van der Waals surface area contributed by atoms with Crippen LogP contribution in [0.4, 0.5) is 15.8 Å². The molecular weight excluding hydrogens is 391 g/mol. The first-order chi connectivity index (χ1) is 14.5. The third-order valence-corrected chi connectivity index (χ3v) is 4.24. The molecule has 0 atom stereocenters. The van der Waals surface area contributed by atoms with Gasteiger partial charge in [-0.15, -0.1) is 0 Å². The summed E-state index contributed by atoms with van der Waals surface area (Å²) in [5, 5.41) is 17.4. The normalized spacial score (nSPS) is 10.6. The van der Waals surface area contributed by atoms with Gasteiger partial charge in [-0.3, -0.25) is 14.9 Å². The van der Waals surface area contributed by atoms with Crippen LogP contribution in [-0.4, -0.2) is 21.0 Å². The van der Waals surface area contributed by atoms with Gasteiger partial charge in [-0.05, 0) is 48.5 Å². The topological polar surface area (TPSA) is 111 Å². The highest BCUT2D eigenvalue weighted by molar-refractivity contribution is 6.04. The molecule has 0 saturated heterocycles. The average molecular weight is 404 g/mol. The van der Waals surface area contributed by atoms with Crippen LogP contribution in [0.3, 0.4) is 0 Å². The first-order valence-corrected chi connectivity index (χ1v) is 8.75. The van der Waals surface area contributed by atoms with Crippen LogP contribution < -0.4 is 5.32 Å². The van der Waals surface area contributed by atoms with Crippen molar-refractivity contribution in [1.82, 2.24) is 10.1 Å². The van der Waals surface area contributed by atoms with Crippen LogP contribution in [0, 0.1) is 15.9 Å². The minimum absolute atomic E-state index is 0.0948. The number of nitro benzene ring substituents is 1. The number of anilines is 1. The second-order valence-electron chi connectivity index (χ2n) is 6.27. The third kappa shape index (κ3) is 4.04. The summed E-state index contributed by atoms with van der Waals surface area (Å²) in [6, 6.07) is 17.8. The van der Waals surface area contributed by atoms with E-state index in [0.717, 1.165) is 0 Å². The smallest absolute Gasteiger partial charge is 0.269 e. The molecule has 0 aliphatic carbocycles. The fourth-order valence-electron chi connectivity index (χ4n) is 2.72. The van der Waals surface area contributed by atoms with Crippen LogP contribution in [0.25, 0.3) is 22.8 Å². The fraction of sp³-hybridized carbons (Fsp3) is 0. The molecule has 0 fully saturated rings. The Labute approximate surface area is 169 Å². The highest BCUT2D eigenvalue weighted by atomic mass is 19.1. The maximum Gasteiger partial charge on any atom is 0.269 e. The van der Waals surface area contributed by atoms with Crippen molar-refractivity contribution in [3.63, 3.8) is 0 Å². The van der Waals surface area contributed by atoms with Gasteiger partial charge in [-0.2, -0.15) is 4.98 Å². The van der Waals surface area contributed by atoms with Gasteiger partial charge in [-0.25, -0.2) is 4.39 Å². The molecule has 0 saturated carbocycles. The van der Waals surface area contributed by atoms with Gasteiger partial charge >= 0.3 is 0 Å². The molecule has 1 N–H and O–H groups in total. The summed E-state index contributed by atoms with van der Waals surface area (Å²) in [6.45, 7) is 0. The highest BCUT2D eigenvalue weighted by Gasteiger charge is 2.13. The van der Waals surface area contributed by atoms with Crippen molar-refractivity contribution in [2.24, 2.45) is 0 Å². The van der Waals surface area contributed by atoms with Gasteiger partial charge in [0.1, 0.15) is 5.82 Å². The monoisotopic (exact) mass is 404 g/mol. The summed E-state index contributed by atoms with van der Waals surface area (Å²) in [5.74, 6) is -0.233. The Hall–Kier alpha value is -4.40. The predicted octanol–water partition coefficient (Wildman–Crippen LogP) is 4.70. The number of carbonyl (C=O) groups is 1. The van der Waals surface area contributed by atoms with E-state index in [4.69, 9.17) is 4.52 Å². The zero-order valence-corrected chi connectivity index (χ0v) is 15.3. The Morgan fingerprint density at radius 3 is 2.43 bits per heavy atom. The molecule has 8 nitrogen and oxygen atoms in total. The Kier molecular flexibility index (Phi) is 5.00. The number of benzene rings is 3. The van der Waals surface area contributed by atoms with E-state index in [1.165, 1.54) is 48.5 Å². The predicted molar refractivity (Wildman–Crippen MR) is 106 cm³/mol. The van der Waals surface area contributed by atoms with Gasteiger partial charge < -0.3 is 9.84 Å². The summed E-state index contributed by atoms with van der Waals surface area (Å²) in [4.78, 5) is 26.9. The Balaban J connectivity index is 1.52. The minimum Gasteiger partial charge on any atom is -0.334 e. The highest BCUT2D eigenvalue weighted by Crippen LogP contribution is 2.24. The molecule has 30 heavy (non-hydrogen) atoms. The standard InChI is InChI=1S/C21H13FN4O4/c22-16-8-4-14(5-9-16)21-24-19(25-30-21)15-2-1-3-17(12-15)23-20(27)13-6-10-18(11-7-13)26(28)29/h1-12H,(H,23,27). The average Bonchev–Trinajstić information content (AvgIpc) is 3.25. The Morgan fingerprint density at radius 1 is 1.00 bits per heavy atom. The third-order valence-electron chi connectivity index (χ3n) is 4.24. The number of amides is 1. The van der Waals surface area contributed by atoms with Gasteiger partial charge in [0.2, 0.25) is 5.82 Å². The first-order valence-electron chi connectivity index (χ1n) is 8.75. The molecule has 0 radical (unpaired) electrons. The summed E-state index contributed by atoms with van der Waals surface area (Å²) in [6.07, 6.45) is 0. The van der Waals surface area contributed by atoms with Gasteiger partial charge in [0.25, 0.3) is 17.5 Å². The molecule has 0 aliphatic heterocycles. The summed E-state index contributed by atoms with van der Waals surface area (Å²) in [7, 11) is 0. The molecule has 0 spiro atoms. The van der Waals surface area contributed by atoms with Crippen molar-refractivity contribution in [2.45, 2.75) is 0 Å². The van der Waals surface area contributed by atoms with E-state index in [1.807, 2.05) is 0 Å². The van der Waals surface area contributed by atoms with Crippen LogP contribution in [0.15, 0.2) is 77.3 Å². The quantitative estimate of drug-likeness (QED) is 0.381. The lowest BCUT2D eigenvalue weighted by Crippen LogP contribution is -2.11. The molecule has 9 heteroatoms. The maximum atomic E-state index is 13.1. The second kappa shape index (κ2) is 7.92. The van der Waals surface area contributed by atoms with Crippen molar-refractivity contribution in [3.05, 3.63) is 94.3 Å². The number of nitro groups is 1. The van der Waals surface area contributed by atoms with Crippen LogP contribution in [0.2, 0.25) is 0 Å². The van der Waals surface area contributed by atoms with Crippen LogP contribution in [-0.2, 0) is 0 Å². The van der Waals surface area contributed by atoms with E-state index in [9.17, 15) is 19.3 Å². The number of nitrogens with one attached hydrogen (secondary N) is 1. The maximum absolute atomic E-state index is 13.1. The molecule has 1 heterocycles. The van der Waals surface area contributed by atoms with Gasteiger partial charge in [0.15, 0.2) is 0 Å².